The zero-order chi connectivity index (χ0) is 15.1. The van der Waals surface area contributed by atoms with Crippen LogP contribution in [-0.2, 0) is 9.47 Å². The largest absolute Gasteiger partial charge is 0.461 e. The van der Waals surface area contributed by atoms with E-state index in [1.165, 1.54) is 51.4 Å². The Morgan fingerprint density at radius 3 is 2.10 bits per heavy atom. The Morgan fingerprint density at radius 2 is 1.60 bits per heavy atom. The topological polar surface area (TPSA) is 38.7 Å². The molecule has 118 valence electrons. The number of aliphatic hydroxyl groups excluding tert-OH is 1. The van der Waals surface area contributed by atoms with E-state index in [0.717, 1.165) is 6.42 Å². The molecule has 0 aliphatic heterocycles. The van der Waals surface area contributed by atoms with Gasteiger partial charge in [0.05, 0.1) is 0 Å². The standard InChI is InChI=1S/C17H32O3/c1-4-6-7-8-9-10-11-12-13-14-16(18)17(5-2)20-15-19-3/h16,18H,2,4,6-15H2,1,3H3. The number of ether oxygens (including phenoxy) is 2. The third-order valence-electron chi connectivity index (χ3n) is 3.39. The predicted octanol–water partition coefficient (Wildman–Crippen LogP) is 4.56. The Morgan fingerprint density at radius 1 is 1.05 bits per heavy atom. The Hall–Kier alpha value is -0.760. The molecule has 0 aromatic rings. The van der Waals surface area contributed by atoms with Gasteiger partial charge in [0, 0.05) is 7.11 Å². The average Bonchev–Trinajstić information content (AvgIpc) is 2.46. The van der Waals surface area contributed by atoms with E-state index in [9.17, 15) is 5.11 Å². The summed E-state index contributed by atoms with van der Waals surface area (Å²) in [6.45, 7) is 5.90. The molecule has 0 aliphatic rings. The van der Waals surface area contributed by atoms with Crippen LogP contribution in [0.2, 0.25) is 0 Å². The van der Waals surface area contributed by atoms with Gasteiger partial charge in [0.1, 0.15) is 6.10 Å². The maximum Gasteiger partial charge on any atom is 0.189 e. The molecule has 0 saturated heterocycles. The van der Waals surface area contributed by atoms with Crippen LogP contribution < -0.4 is 0 Å². The molecule has 0 bridgehead atoms. The Kier molecular flexibility index (Phi) is 14.1. The lowest BCUT2D eigenvalue weighted by molar-refractivity contribution is -0.0200. The van der Waals surface area contributed by atoms with Gasteiger partial charge in [-0.15, -0.1) is 0 Å². The van der Waals surface area contributed by atoms with Gasteiger partial charge in [-0.2, -0.15) is 0 Å². The van der Waals surface area contributed by atoms with Gasteiger partial charge in [-0.25, -0.2) is 0 Å². The van der Waals surface area contributed by atoms with E-state index >= 15 is 0 Å². The SMILES string of the molecule is C=C=C(OCOC)C(O)CCCCCCCCCCC. The van der Waals surface area contributed by atoms with Crippen molar-refractivity contribution in [3.05, 3.63) is 18.1 Å². The van der Waals surface area contributed by atoms with Crippen molar-refractivity contribution in [2.75, 3.05) is 13.9 Å². The fourth-order valence-corrected chi connectivity index (χ4v) is 2.17. The van der Waals surface area contributed by atoms with Gasteiger partial charge in [-0.1, -0.05) is 77.0 Å². The molecule has 3 nitrogen and oxygen atoms in total. The highest BCUT2D eigenvalue weighted by molar-refractivity contribution is 4.96. The molecule has 1 unspecified atom stereocenters. The predicted molar refractivity (Wildman–Crippen MR) is 83.5 cm³/mol. The molecule has 1 N–H and O–H groups in total. The number of aliphatic hydroxyl groups is 1. The zero-order valence-electron chi connectivity index (χ0n) is 13.3. The van der Waals surface area contributed by atoms with Gasteiger partial charge < -0.3 is 14.6 Å². The average molecular weight is 284 g/mol. The fraction of sp³-hybridized carbons (Fsp3) is 0.824. The van der Waals surface area contributed by atoms with Crippen molar-refractivity contribution in [3.63, 3.8) is 0 Å². The first-order valence-corrected chi connectivity index (χ1v) is 7.96. The molecule has 1 atom stereocenters. The van der Waals surface area contributed by atoms with Crippen molar-refractivity contribution in [3.8, 4) is 0 Å². The maximum atomic E-state index is 9.92. The second-order valence-corrected chi connectivity index (χ2v) is 5.22. The summed E-state index contributed by atoms with van der Waals surface area (Å²) in [6, 6.07) is 0. The summed E-state index contributed by atoms with van der Waals surface area (Å²) in [5, 5.41) is 9.92. The molecule has 3 heteroatoms. The van der Waals surface area contributed by atoms with Crippen LogP contribution in [0.1, 0.15) is 71.1 Å². The Balaban J connectivity index is 3.47. The highest BCUT2D eigenvalue weighted by Gasteiger charge is 2.11. The summed E-state index contributed by atoms with van der Waals surface area (Å²) in [4.78, 5) is 0. The molecule has 0 aliphatic carbocycles. The van der Waals surface area contributed by atoms with Crippen LogP contribution in [0.3, 0.4) is 0 Å². The molecule has 0 radical (unpaired) electrons. The minimum atomic E-state index is -0.604. The lowest BCUT2D eigenvalue weighted by atomic mass is 10.0. The summed E-state index contributed by atoms with van der Waals surface area (Å²) in [7, 11) is 1.55. The summed E-state index contributed by atoms with van der Waals surface area (Å²) in [5.41, 5.74) is 2.63. The molecule has 0 amide bonds. The van der Waals surface area contributed by atoms with Crippen LogP contribution in [0.15, 0.2) is 18.1 Å². The van der Waals surface area contributed by atoms with Gasteiger partial charge in [0.25, 0.3) is 0 Å². The van der Waals surface area contributed by atoms with Gasteiger partial charge in [-0.3, -0.25) is 0 Å². The van der Waals surface area contributed by atoms with E-state index in [1.807, 2.05) is 0 Å². The fourth-order valence-electron chi connectivity index (χ4n) is 2.17. The van der Waals surface area contributed by atoms with Crippen LogP contribution in [0, 0.1) is 0 Å². The van der Waals surface area contributed by atoms with Crippen molar-refractivity contribution < 1.29 is 14.6 Å². The van der Waals surface area contributed by atoms with Crippen molar-refractivity contribution in [1.82, 2.24) is 0 Å². The highest BCUT2D eigenvalue weighted by Crippen LogP contribution is 2.14. The minimum Gasteiger partial charge on any atom is -0.461 e. The monoisotopic (exact) mass is 284 g/mol. The number of unbranched alkanes of at least 4 members (excludes halogenated alkanes) is 8. The normalized spacial score (nSPS) is 11.9. The van der Waals surface area contributed by atoms with Gasteiger partial charge in [0.2, 0.25) is 0 Å². The van der Waals surface area contributed by atoms with E-state index in [4.69, 9.17) is 9.47 Å². The third kappa shape index (κ3) is 11.1. The summed E-state index contributed by atoms with van der Waals surface area (Å²) in [6.07, 6.45) is 11.6. The van der Waals surface area contributed by atoms with Crippen LogP contribution in [0.5, 0.6) is 0 Å². The van der Waals surface area contributed by atoms with E-state index in [1.54, 1.807) is 7.11 Å². The molecule has 0 saturated carbocycles. The van der Waals surface area contributed by atoms with Crippen LogP contribution in [0.4, 0.5) is 0 Å². The quantitative estimate of drug-likeness (QED) is 0.220. The lowest BCUT2D eigenvalue weighted by Crippen LogP contribution is -2.13. The van der Waals surface area contributed by atoms with Gasteiger partial charge in [-0.05, 0) is 6.42 Å². The van der Waals surface area contributed by atoms with Crippen molar-refractivity contribution >= 4 is 0 Å². The summed E-state index contributed by atoms with van der Waals surface area (Å²) < 4.78 is 10.0. The van der Waals surface area contributed by atoms with Crippen molar-refractivity contribution in [2.24, 2.45) is 0 Å². The van der Waals surface area contributed by atoms with Crippen LogP contribution in [-0.4, -0.2) is 25.1 Å². The zero-order valence-corrected chi connectivity index (χ0v) is 13.3. The van der Waals surface area contributed by atoms with Gasteiger partial charge in [0.15, 0.2) is 12.6 Å². The second kappa shape index (κ2) is 14.6. The van der Waals surface area contributed by atoms with E-state index < -0.39 is 6.10 Å². The van der Waals surface area contributed by atoms with E-state index in [0.29, 0.717) is 12.2 Å². The first-order valence-electron chi connectivity index (χ1n) is 7.96. The molecule has 0 aromatic carbocycles. The number of rotatable bonds is 14. The minimum absolute atomic E-state index is 0.132. The Labute approximate surface area is 124 Å². The molecule has 20 heavy (non-hydrogen) atoms. The van der Waals surface area contributed by atoms with E-state index in [-0.39, 0.29) is 6.79 Å². The number of methoxy groups -OCH3 is 1. The maximum absolute atomic E-state index is 9.92. The Bertz CT molecular complexity index is 257. The summed E-state index contributed by atoms with van der Waals surface area (Å²) in [5.74, 6) is 0.395. The smallest absolute Gasteiger partial charge is 0.189 e. The third-order valence-corrected chi connectivity index (χ3v) is 3.39. The molecule has 0 rings (SSSR count). The van der Waals surface area contributed by atoms with Gasteiger partial charge >= 0.3 is 0 Å². The second-order valence-electron chi connectivity index (χ2n) is 5.22. The van der Waals surface area contributed by atoms with Crippen molar-refractivity contribution in [2.45, 2.75) is 77.2 Å². The molecular formula is C17H32O3. The summed E-state index contributed by atoms with van der Waals surface area (Å²) >= 11 is 0. The first-order chi connectivity index (χ1) is 9.76. The van der Waals surface area contributed by atoms with Crippen LogP contribution in [0.25, 0.3) is 0 Å². The lowest BCUT2D eigenvalue weighted by Gasteiger charge is -2.13. The van der Waals surface area contributed by atoms with Crippen LogP contribution >= 0.6 is 0 Å². The molecule has 0 aromatic heterocycles. The molecule has 0 fully saturated rings. The molecule has 0 spiro atoms. The van der Waals surface area contributed by atoms with Crippen molar-refractivity contribution in [1.29, 1.82) is 0 Å². The van der Waals surface area contributed by atoms with E-state index in [2.05, 4.69) is 19.2 Å². The number of hydrogen-bond acceptors (Lipinski definition) is 3. The molecule has 0 heterocycles. The highest BCUT2D eigenvalue weighted by atomic mass is 16.7. The molecular weight excluding hydrogens is 252 g/mol. The first kappa shape index (κ1) is 19.2. The number of hydrogen-bond donors (Lipinski definition) is 1.